The SMILES string of the molecule is CCNC(=NCCCSc1nccs1)NC1CCN(c2cccs2)CC1.I. The van der Waals surface area contributed by atoms with E-state index in [1.54, 1.807) is 11.3 Å². The highest BCUT2D eigenvalue weighted by molar-refractivity contribution is 14.0. The lowest BCUT2D eigenvalue weighted by Gasteiger charge is -2.33. The Kier molecular flexibility index (Phi) is 10.8. The first kappa shape index (κ1) is 22.8. The summed E-state index contributed by atoms with van der Waals surface area (Å²) in [6.07, 6.45) is 5.24. The van der Waals surface area contributed by atoms with Gasteiger partial charge in [0, 0.05) is 49.6 Å². The summed E-state index contributed by atoms with van der Waals surface area (Å²) < 4.78 is 1.15. The largest absolute Gasteiger partial charge is 0.363 e. The maximum absolute atomic E-state index is 4.75. The second kappa shape index (κ2) is 12.8. The van der Waals surface area contributed by atoms with Crippen LogP contribution < -0.4 is 15.5 Å². The monoisotopic (exact) mass is 537 g/mol. The molecule has 27 heavy (non-hydrogen) atoms. The molecule has 1 saturated heterocycles. The summed E-state index contributed by atoms with van der Waals surface area (Å²) in [4.78, 5) is 11.5. The summed E-state index contributed by atoms with van der Waals surface area (Å²) in [5.74, 6) is 2.02. The number of aromatic nitrogens is 1. The molecule has 9 heteroatoms. The lowest BCUT2D eigenvalue weighted by atomic mass is 10.1. The molecule has 2 aromatic rings. The predicted octanol–water partition coefficient (Wildman–Crippen LogP) is 4.53. The molecule has 0 radical (unpaired) electrons. The van der Waals surface area contributed by atoms with Crippen LogP contribution in [0.5, 0.6) is 0 Å². The van der Waals surface area contributed by atoms with E-state index in [4.69, 9.17) is 4.99 Å². The second-order valence-electron chi connectivity index (χ2n) is 6.12. The van der Waals surface area contributed by atoms with Crippen LogP contribution in [-0.2, 0) is 0 Å². The highest BCUT2D eigenvalue weighted by Crippen LogP contribution is 2.24. The minimum absolute atomic E-state index is 0. The summed E-state index contributed by atoms with van der Waals surface area (Å²) in [6.45, 7) is 6.09. The third kappa shape index (κ3) is 7.78. The van der Waals surface area contributed by atoms with Gasteiger partial charge in [-0.25, -0.2) is 4.98 Å². The van der Waals surface area contributed by atoms with Crippen molar-refractivity contribution >= 4 is 69.4 Å². The number of halogens is 1. The van der Waals surface area contributed by atoms with E-state index >= 15 is 0 Å². The second-order valence-corrected chi connectivity index (χ2v) is 9.28. The van der Waals surface area contributed by atoms with Gasteiger partial charge < -0.3 is 15.5 Å². The minimum Gasteiger partial charge on any atom is -0.363 e. The van der Waals surface area contributed by atoms with E-state index < -0.39 is 0 Å². The Balaban J connectivity index is 0.00000261. The number of thioether (sulfide) groups is 1. The standard InChI is InChI=1S/C18H27N5S3.HI/c1-2-19-17(20-8-4-13-25-18-21-9-14-26-18)22-15-6-10-23(11-7-15)16-5-3-12-24-16;/h3,5,9,12,14-15H,2,4,6-8,10-11,13H2,1H3,(H2,19,20,22);1H. The maximum Gasteiger partial charge on any atom is 0.191 e. The topological polar surface area (TPSA) is 52.6 Å². The quantitative estimate of drug-likeness (QED) is 0.171. The van der Waals surface area contributed by atoms with Gasteiger partial charge in [0.1, 0.15) is 4.34 Å². The molecule has 1 fully saturated rings. The number of aliphatic imine (C=N–C) groups is 1. The lowest BCUT2D eigenvalue weighted by molar-refractivity contribution is 0.463. The van der Waals surface area contributed by atoms with Crippen molar-refractivity contribution in [3.63, 3.8) is 0 Å². The van der Waals surface area contributed by atoms with Crippen LogP contribution in [0.1, 0.15) is 26.2 Å². The van der Waals surface area contributed by atoms with Crippen LogP contribution in [0.4, 0.5) is 5.00 Å². The molecule has 0 amide bonds. The Morgan fingerprint density at radius 1 is 1.33 bits per heavy atom. The average molecular weight is 538 g/mol. The number of piperidine rings is 1. The molecule has 150 valence electrons. The number of thiophene rings is 1. The van der Waals surface area contributed by atoms with Crippen molar-refractivity contribution in [3.8, 4) is 0 Å². The van der Waals surface area contributed by atoms with Crippen LogP contribution in [0.3, 0.4) is 0 Å². The summed E-state index contributed by atoms with van der Waals surface area (Å²) >= 11 is 5.36. The first-order valence-electron chi connectivity index (χ1n) is 9.20. The number of guanidine groups is 1. The number of nitrogens with zero attached hydrogens (tertiary/aromatic N) is 3. The summed E-state index contributed by atoms with van der Waals surface area (Å²) in [6, 6.07) is 4.86. The highest BCUT2D eigenvalue weighted by atomic mass is 127. The van der Waals surface area contributed by atoms with Crippen LogP contribution in [0, 0.1) is 0 Å². The average Bonchev–Trinajstić information content (AvgIpc) is 3.36. The van der Waals surface area contributed by atoms with Gasteiger partial charge >= 0.3 is 0 Å². The van der Waals surface area contributed by atoms with Gasteiger partial charge in [-0.2, -0.15) is 0 Å². The van der Waals surface area contributed by atoms with E-state index in [1.807, 2.05) is 34.7 Å². The summed E-state index contributed by atoms with van der Waals surface area (Å²) in [5, 5.41) is 12.6. The summed E-state index contributed by atoms with van der Waals surface area (Å²) in [7, 11) is 0. The number of thiazole rings is 1. The van der Waals surface area contributed by atoms with Gasteiger partial charge in [0.05, 0.1) is 5.00 Å². The fourth-order valence-corrected chi connectivity index (χ4v) is 5.32. The van der Waals surface area contributed by atoms with Crippen LogP contribution in [-0.4, -0.2) is 48.9 Å². The maximum atomic E-state index is 4.75. The van der Waals surface area contributed by atoms with Crippen molar-refractivity contribution < 1.29 is 0 Å². The number of anilines is 1. The fraction of sp³-hybridized carbons (Fsp3) is 0.556. The highest BCUT2D eigenvalue weighted by Gasteiger charge is 2.20. The predicted molar refractivity (Wildman–Crippen MR) is 132 cm³/mol. The first-order chi connectivity index (χ1) is 12.8. The Hall–Kier alpha value is -0.520. The first-order valence-corrected chi connectivity index (χ1v) is 11.9. The van der Waals surface area contributed by atoms with E-state index in [0.717, 1.165) is 61.5 Å². The number of nitrogens with one attached hydrogen (secondary N) is 2. The van der Waals surface area contributed by atoms with Gasteiger partial charge in [-0.1, -0.05) is 11.8 Å². The molecule has 0 saturated carbocycles. The van der Waals surface area contributed by atoms with E-state index in [1.165, 1.54) is 5.00 Å². The Labute approximate surface area is 191 Å². The van der Waals surface area contributed by atoms with Crippen molar-refractivity contribution in [2.45, 2.75) is 36.6 Å². The van der Waals surface area contributed by atoms with Crippen LogP contribution >= 0.6 is 58.4 Å². The summed E-state index contributed by atoms with van der Waals surface area (Å²) in [5.41, 5.74) is 0. The number of hydrogen-bond donors (Lipinski definition) is 2. The Bertz CT molecular complexity index is 640. The van der Waals surface area contributed by atoms with E-state index in [-0.39, 0.29) is 24.0 Å². The molecule has 5 nitrogen and oxygen atoms in total. The molecule has 0 aromatic carbocycles. The smallest absolute Gasteiger partial charge is 0.191 e. The third-order valence-corrected chi connectivity index (χ3v) is 7.19. The van der Waals surface area contributed by atoms with E-state index in [9.17, 15) is 0 Å². The van der Waals surface area contributed by atoms with Gasteiger partial charge in [-0.15, -0.1) is 46.7 Å². The van der Waals surface area contributed by atoms with Gasteiger partial charge in [-0.05, 0) is 43.7 Å². The molecule has 3 rings (SSSR count). The molecule has 1 aliphatic heterocycles. The van der Waals surface area contributed by atoms with Gasteiger partial charge in [0.25, 0.3) is 0 Å². The normalized spacial score (nSPS) is 15.4. The Morgan fingerprint density at radius 2 is 2.19 bits per heavy atom. The van der Waals surface area contributed by atoms with E-state index in [0.29, 0.717) is 6.04 Å². The fourth-order valence-electron chi connectivity index (χ4n) is 2.90. The van der Waals surface area contributed by atoms with E-state index in [2.05, 4.69) is 45.0 Å². The van der Waals surface area contributed by atoms with Gasteiger partial charge in [0.2, 0.25) is 0 Å². The molecule has 0 bridgehead atoms. The molecule has 2 N–H and O–H groups in total. The zero-order valence-corrected chi connectivity index (χ0v) is 20.4. The van der Waals surface area contributed by atoms with Crippen LogP contribution in [0.15, 0.2) is 38.4 Å². The molecule has 0 atom stereocenters. The molecule has 0 spiro atoms. The minimum atomic E-state index is 0. The molecule has 2 aromatic heterocycles. The molecule has 0 aliphatic carbocycles. The van der Waals surface area contributed by atoms with Crippen molar-refractivity contribution in [1.82, 2.24) is 15.6 Å². The van der Waals surface area contributed by atoms with Crippen molar-refractivity contribution in [3.05, 3.63) is 29.1 Å². The zero-order chi connectivity index (χ0) is 18.0. The zero-order valence-electron chi connectivity index (χ0n) is 15.6. The molecular weight excluding hydrogens is 509 g/mol. The van der Waals surface area contributed by atoms with Gasteiger partial charge in [0.15, 0.2) is 5.96 Å². The number of hydrogen-bond acceptors (Lipinski definition) is 6. The molecular formula is C18H28IN5S3. The molecule has 1 aliphatic rings. The lowest BCUT2D eigenvalue weighted by Crippen LogP contribution is -2.48. The van der Waals surface area contributed by atoms with Crippen molar-refractivity contribution in [2.24, 2.45) is 4.99 Å². The van der Waals surface area contributed by atoms with Crippen molar-refractivity contribution in [1.29, 1.82) is 0 Å². The third-order valence-electron chi connectivity index (χ3n) is 4.21. The van der Waals surface area contributed by atoms with Gasteiger partial charge in [-0.3, -0.25) is 4.99 Å². The van der Waals surface area contributed by atoms with Crippen molar-refractivity contribution in [2.75, 3.05) is 36.8 Å². The number of rotatable bonds is 8. The van der Waals surface area contributed by atoms with Crippen LogP contribution in [0.2, 0.25) is 0 Å². The molecule has 0 unspecified atom stereocenters. The Morgan fingerprint density at radius 3 is 2.85 bits per heavy atom. The molecule has 3 heterocycles. The van der Waals surface area contributed by atoms with Crippen LogP contribution in [0.25, 0.3) is 0 Å².